The van der Waals surface area contributed by atoms with Gasteiger partial charge in [-0.1, -0.05) is 43.8 Å². The first kappa shape index (κ1) is 15.5. The summed E-state index contributed by atoms with van der Waals surface area (Å²) in [6.45, 7) is 2.27. The molecule has 0 bridgehead atoms. The highest BCUT2D eigenvalue weighted by Crippen LogP contribution is 2.15. The summed E-state index contributed by atoms with van der Waals surface area (Å²) < 4.78 is 0. The van der Waals surface area contributed by atoms with Gasteiger partial charge in [-0.25, -0.2) is 0 Å². The van der Waals surface area contributed by atoms with Crippen LogP contribution in [-0.2, 0) is 4.79 Å². The van der Waals surface area contributed by atoms with Crippen molar-refractivity contribution in [2.45, 2.75) is 90.4 Å². The molecule has 0 unspecified atom stereocenters. The van der Waals surface area contributed by atoms with Crippen LogP contribution in [0.1, 0.15) is 90.4 Å². The van der Waals surface area contributed by atoms with Gasteiger partial charge >= 0.3 is 0 Å². The van der Waals surface area contributed by atoms with E-state index in [0.717, 1.165) is 25.7 Å². The quantitative estimate of drug-likeness (QED) is 0.512. The average molecular weight is 250 g/mol. The molecule has 0 saturated carbocycles. The molecule has 0 aromatic heterocycles. The normalized spacial score (nSPS) is 25.4. The molecule has 104 valence electrons. The van der Waals surface area contributed by atoms with Crippen molar-refractivity contribution in [1.29, 1.82) is 0 Å². The topological polar surface area (TPSA) is 17.1 Å². The molecule has 18 heavy (non-hydrogen) atoms. The third kappa shape index (κ3) is 8.49. The number of carbonyl (C=O) groups is 1. The lowest BCUT2D eigenvalue weighted by Crippen LogP contribution is -1.97. The van der Waals surface area contributed by atoms with Gasteiger partial charge in [0, 0.05) is 12.8 Å². The van der Waals surface area contributed by atoms with Crippen LogP contribution in [0.25, 0.3) is 0 Å². The molecule has 0 saturated heterocycles. The van der Waals surface area contributed by atoms with Crippen LogP contribution in [-0.4, -0.2) is 5.78 Å². The van der Waals surface area contributed by atoms with E-state index in [4.69, 9.17) is 0 Å². The zero-order valence-corrected chi connectivity index (χ0v) is 12.2. The summed E-state index contributed by atoms with van der Waals surface area (Å²) in [5, 5.41) is 0. The lowest BCUT2D eigenvalue weighted by Gasteiger charge is -2.05. The zero-order valence-electron chi connectivity index (χ0n) is 12.2. The molecule has 1 heteroatoms. The van der Waals surface area contributed by atoms with Crippen molar-refractivity contribution in [2.75, 3.05) is 0 Å². The number of allylic oxidation sites excluding steroid dienone is 2. The summed E-state index contributed by atoms with van der Waals surface area (Å²) in [6, 6.07) is 0. The Morgan fingerprint density at radius 1 is 0.722 bits per heavy atom. The maximum Gasteiger partial charge on any atom is 0.132 e. The first-order chi connectivity index (χ1) is 8.79. The molecule has 1 rings (SSSR count). The summed E-state index contributed by atoms with van der Waals surface area (Å²) in [7, 11) is 0. The summed E-state index contributed by atoms with van der Waals surface area (Å²) in [5.74, 6) is 0.498. The highest BCUT2D eigenvalue weighted by molar-refractivity contribution is 5.78. The predicted molar refractivity (Wildman–Crippen MR) is 78.8 cm³/mol. The van der Waals surface area contributed by atoms with Gasteiger partial charge in [0.1, 0.15) is 5.78 Å². The Labute approximate surface area is 113 Å². The second kappa shape index (κ2) is 10.3. The van der Waals surface area contributed by atoms with E-state index in [1.54, 1.807) is 5.57 Å². The molecular weight excluding hydrogens is 220 g/mol. The standard InChI is InChI=1S/C17H30O/c1-16-12-8-4-2-3-5-10-14-17(18)15-11-7-6-9-13-16/h12H,2-11,13-15H2,1H3/b16-12-. The van der Waals surface area contributed by atoms with Gasteiger partial charge < -0.3 is 0 Å². The molecule has 0 amide bonds. The minimum atomic E-state index is 0.498. The van der Waals surface area contributed by atoms with E-state index in [0.29, 0.717) is 5.78 Å². The number of Topliss-reactive ketones (excluding diaryl/α,β-unsaturated/α-hetero) is 1. The summed E-state index contributed by atoms with van der Waals surface area (Å²) in [6.07, 6.45) is 17.9. The van der Waals surface area contributed by atoms with Gasteiger partial charge in [-0.3, -0.25) is 4.79 Å². The maximum absolute atomic E-state index is 11.6. The molecule has 0 aromatic carbocycles. The highest BCUT2D eigenvalue weighted by Gasteiger charge is 2.02. The number of carbonyl (C=O) groups excluding carboxylic acids is 1. The largest absolute Gasteiger partial charge is 0.300 e. The van der Waals surface area contributed by atoms with Crippen LogP contribution in [0.3, 0.4) is 0 Å². The number of ketones is 1. The lowest BCUT2D eigenvalue weighted by molar-refractivity contribution is -0.119. The third-order valence-corrected chi connectivity index (χ3v) is 3.93. The molecule has 0 radical (unpaired) electrons. The summed E-state index contributed by atoms with van der Waals surface area (Å²) in [4.78, 5) is 11.6. The van der Waals surface area contributed by atoms with Gasteiger partial charge in [-0.2, -0.15) is 0 Å². The fraction of sp³-hybridized carbons (Fsp3) is 0.824. The van der Waals surface area contributed by atoms with Crippen molar-refractivity contribution in [3.63, 3.8) is 0 Å². The predicted octanol–water partition coefficient (Wildman–Crippen LogP) is 5.59. The van der Waals surface area contributed by atoms with Gasteiger partial charge in [-0.05, 0) is 45.4 Å². The van der Waals surface area contributed by atoms with Crippen molar-refractivity contribution >= 4 is 5.78 Å². The van der Waals surface area contributed by atoms with Crippen LogP contribution in [0, 0.1) is 0 Å². The van der Waals surface area contributed by atoms with Crippen molar-refractivity contribution in [3.05, 3.63) is 11.6 Å². The SMILES string of the molecule is C/C1=C/CCCCCCCC(=O)CCCCCC1. The first-order valence-electron chi connectivity index (χ1n) is 7.96. The molecule has 1 aliphatic carbocycles. The fourth-order valence-corrected chi connectivity index (χ4v) is 2.65. The van der Waals surface area contributed by atoms with Crippen LogP contribution >= 0.6 is 0 Å². The Morgan fingerprint density at radius 3 is 1.89 bits per heavy atom. The van der Waals surface area contributed by atoms with Crippen molar-refractivity contribution in [3.8, 4) is 0 Å². The van der Waals surface area contributed by atoms with Crippen LogP contribution in [0.4, 0.5) is 0 Å². The van der Waals surface area contributed by atoms with E-state index in [2.05, 4.69) is 13.0 Å². The molecule has 0 aliphatic heterocycles. The Morgan fingerprint density at radius 2 is 1.22 bits per heavy atom. The monoisotopic (exact) mass is 250 g/mol. The molecular formula is C17H30O. The van der Waals surface area contributed by atoms with Crippen LogP contribution < -0.4 is 0 Å². The van der Waals surface area contributed by atoms with Gasteiger partial charge in [0.15, 0.2) is 0 Å². The first-order valence-corrected chi connectivity index (χ1v) is 7.96. The molecule has 1 aliphatic rings. The minimum Gasteiger partial charge on any atom is -0.300 e. The number of hydrogen-bond acceptors (Lipinski definition) is 1. The second-order valence-corrected chi connectivity index (χ2v) is 5.81. The minimum absolute atomic E-state index is 0.498. The van der Waals surface area contributed by atoms with Crippen molar-refractivity contribution in [2.24, 2.45) is 0 Å². The molecule has 0 spiro atoms. The van der Waals surface area contributed by atoms with E-state index in [-0.39, 0.29) is 0 Å². The van der Waals surface area contributed by atoms with E-state index in [9.17, 15) is 4.79 Å². The molecule has 0 atom stereocenters. The number of rotatable bonds is 0. The molecule has 0 N–H and O–H groups in total. The fourth-order valence-electron chi connectivity index (χ4n) is 2.65. The molecule has 0 aromatic rings. The van der Waals surface area contributed by atoms with Crippen molar-refractivity contribution in [1.82, 2.24) is 0 Å². The second-order valence-electron chi connectivity index (χ2n) is 5.81. The van der Waals surface area contributed by atoms with Gasteiger partial charge in [-0.15, -0.1) is 0 Å². The molecule has 1 nitrogen and oxygen atoms in total. The highest BCUT2D eigenvalue weighted by atomic mass is 16.1. The van der Waals surface area contributed by atoms with Crippen LogP contribution in [0.2, 0.25) is 0 Å². The summed E-state index contributed by atoms with van der Waals surface area (Å²) in [5.41, 5.74) is 1.57. The maximum atomic E-state index is 11.6. The average Bonchev–Trinajstić information content (AvgIpc) is 2.35. The molecule has 0 fully saturated rings. The van der Waals surface area contributed by atoms with Gasteiger partial charge in [0.2, 0.25) is 0 Å². The van der Waals surface area contributed by atoms with Gasteiger partial charge in [0.25, 0.3) is 0 Å². The Bertz CT molecular complexity index is 252. The Balaban J connectivity index is 2.27. The summed E-state index contributed by atoms with van der Waals surface area (Å²) >= 11 is 0. The van der Waals surface area contributed by atoms with E-state index in [1.165, 1.54) is 57.8 Å². The van der Waals surface area contributed by atoms with Gasteiger partial charge in [0.05, 0.1) is 0 Å². The Kier molecular flexibility index (Phi) is 8.89. The van der Waals surface area contributed by atoms with E-state index < -0.39 is 0 Å². The third-order valence-electron chi connectivity index (χ3n) is 3.93. The Hall–Kier alpha value is -0.590. The van der Waals surface area contributed by atoms with E-state index >= 15 is 0 Å². The van der Waals surface area contributed by atoms with Crippen LogP contribution in [0.5, 0.6) is 0 Å². The van der Waals surface area contributed by atoms with Crippen molar-refractivity contribution < 1.29 is 4.79 Å². The number of hydrogen-bond donors (Lipinski definition) is 0. The molecule has 0 heterocycles. The smallest absolute Gasteiger partial charge is 0.132 e. The lowest BCUT2D eigenvalue weighted by atomic mass is 10.0. The van der Waals surface area contributed by atoms with E-state index in [1.807, 2.05) is 0 Å². The zero-order chi connectivity index (χ0) is 13.1. The van der Waals surface area contributed by atoms with Crippen LogP contribution in [0.15, 0.2) is 11.6 Å².